The van der Waals surface area contributed by atoms with E-state index in [9.17, 15) is 4.79 Å². The summed E-state index contributed by atoms with van der Waals surface area (Å²) in [5.41, 5.74) is 7.63. The fraction of sp³-hybridized carbons (Fsp3) is 0.538. The molecule has 2 aliphatic rings. The number of fused-ring (bicyclic) bond motifs is 2. The van der Waals surface area contributed by atoms with Crippen molar-refractivity contribution < 1.29 is 4.79 Å². The number of nitrogens with one attached hydrogen (secondary N) is 3. The first-order valence-corrected chi connectivity index (χ1v) is 7.31. The van der Waals surface area contributed by atoms with Crippen LogP contribution in [0.25, 0.3) is 5.65 Å². The summed E-state index contributed by atoms with van der Waals surface area (Å²) in [6.45, 7) is 0. The summed E-state index contributed by atoms with van der Waals surface area (Å²) in [5, 5.41) is 14.3. The molecule has 3 N–H and O–H groups in total. The van der Waals surface area contributed by atoms with Gasteiger partial charge in [0.25, 0.3) is 5.91 Å². The number of carbonyl (C=O) groups is 1. The number of rotatable bonds is 2. The minimum Gasteiger partial charge on any atom is -0.335 e. The van der Waals surface area contributed by atoms with Gasteiger partial charge in [-0.3, -0.25) is 10.2 Å². The van der Waals surface area contributed by atoms with Crippen LogP contribution in [0.1, 0.15) is 36.0 Å². The highest BCUT2D eigenvalue weighted by Gasteiger charge is 2.37. The molecule has 0 radical (unpaired) electrons. The fourth-order valence-corrected chi connectivity index (χ4v) is 3.29. The van der Waals surface area contributed by atoms with Gasteiger partial charge in [0.15, 0.2) is 5.65 Å². The summed E-state index contributed by atoms with van der Waals surface area (Å²) >= 11 is 0. The maximum absolute atomic E-state index is 12.4. The van der Waals surface area contributed by atoms with Gasteiger partial charge in [0.1, 0.15) is 0 Å². The molecule has 0 aromatic carbocycles. The largest absolute Gasteiger partial charge is 0.335 e. The highest BCUT2D eigenvalue weighted by molar-refractivity contribution is 5.95. The lowest BCUT2D eigenvalue weighted by Gasteiger charge is -2.27. The van der Waals surface area contributed by atoms with Crippen molar-refractivity contribution in [1.82, 2.24) is 36.2 Å². The van der Waals surface area contributed by atoms with E-state index in [2.05, 4.69) is 31.7 Å². The van der Waals surface area contributed by atoms with E-state index in [4.69, 9.17) is 0 Å². The third-order valence-electron chi connectivity index (χ3n) is 4.42. The maximum atomic E-state index is 12.4. The first kappa shape index (κ1) is 12.7. The molecule has 0 bridgehead atoms. The molecule has 21 heavy (non-hydrogen) atoms. The first-order chi connectivity index (χ1) is 10.3. The molecule has 110 valence electrons. The van der Waals surface area contributed by atoms with Gasteiger partial charge in [0.05, 0.1) is 6.17 Å². The summed E-state index contributed by atoms with van der Waals surface area (Å²) in [6, 6.07) is 3.88. The second-order valence-corrected chi connectivity index (χ2v) is 5.69. The van der Waals surface area contributed by atoms with Crippen molar-refractivity contribution in [1.29, 1.82) is 0 Å². The van der Waals surface area contributed by atoms with Crippen LogP contribution < -0.4 is 16.2 Å². The predicted molar refractivity (Wildman–Crippen MR) is 74.1 cm³/mol. The van der Waals surface area contributed by atoms with Gasteiger partial charge in [-0.15, -0.1) is 5.10 Å². The minimum absolute atomic E-state index is 0.0185. The molecule has 2 fully saturated rings. The number of nitrogens with zero attached hydrogens (tertiary/aromatic N) is 4. The number of amides is 1. The second-order valence-electron chi connectivity index (χ2n) is 5.69. The zero-order valence-corrected chi connectivity index (χ0v) is 11.5. The van der Waals surface area contributed by atoms with E-state index >= 15 is 0 Å². The van der Waals surface area contributed by atoms with Crippen LogP contribution in [-0.4, -0.2) is 38.2 Å². The Bertz CT molecular complexity index is 669. The molecule has 2 aromatic heterocycles. The van der Waals surface area contributed by atoms with E-state index in [-0.39, 0.29) is 12.1 Å². The number of pyridine rings is 1. The van der Waals surface area contributed by atoms with Crippen LogP contribution in [0.2, 0.25) is 0 Å². The van der Waals surface area contributed by atoms with Crippen LogP contribution in [0.3, 0.4) is 0 Å². The Balaban J connectivity index is 1.50. The lowest BCUT2D eigenvalue weighted by molar-refractivity contribution is 0.0916. The Morgan fingerprint density at radius 2 is 2.24 bits per heavy atom. The van der Waals surface area contributed by atoms with Gasteiger partial charge >= 0.3 is 0 Å². The average molecular weight is 287 g/mol. The zero-order valence-electron chi connectivity index (χ0n) is 11.5. The minimum atomic E-state index is -0.106. The summed E-state index contributed by atoms with van der Waals surface area (Å²) < 4.78 is 1.53. The Morgan fingerprint density at radius 1 is 1.33 bits per heavy atom. The van der Waals surface area contributed by atoms with Crippen LogP contribution in [0.15, 0.2) is 18.3 Å². The monoisotopic (exact) mass is 287 g/mol. The topological polar surface area (TPSA) is 96.2 Å². The average Bonchev–Trinajstić information content (AvgIpc) is 3.13. The highest BCUT2D eigenvalue weighted by atomic mass is 16.1. The van der Waals surface area contributed by atoms with Gasteiger partial charge in [0.2, 0.25) is 0 Å². The number of hydrazine groups is 1. The fourth-order valence-electron chi connectivity index (χ4n) is 3.29. The molecule has 1 amide bonds. The Hall–Kier alpha value is -2.06. The Morgan fingerprint density at radius 3 is 3.19 bits per heavy atom. The van der Waals surface area contributed by atoms with Gasteiger partial charge < -0.3 is 5.32 Å². The molecule has 8 heteroatoms. The Kier molecular flexibility index (Phi) is 3.04. The van der Waals surface area contributed by atoms with Crippen molar-refractivity contribution in [2.24, 2.45) is 5.92 Å². The molecule has 0 spiro atoms. The summed E-state index contributed by atoms with van der Waals surface area (Å²) in [7, 11) is 0. The predicted octanol–water partition coefficient (Wildman–Crippen LogP) is -0.153. The molecule has 1 aliphatic carbocycles. The van der Waals surface area contributed by atoms with Gasteiger partial charge in [-0.1, -0.05) is 12.8 Å². The standard InChI is InChI=1S/C13H17N7O/c21-13(8-5-6-20-11(7-8)16-18-19-20)14-12-9-3-1-2-4-10(9)15-17-12/h5-7,9-10,12,15,17H,1-4H2,(H,14,21). The van der Waals surface area contributed by atoms with Crippen molar-refractivity contribution in [2.45, 2.75) is 37.9 Å². The van der Waals surface area contributed by atoms with Crippen LogP contribution in [-0.2, 0) is 0 Å². The number of hydrogen-bond acceptors (Lipinski definition) is 6. The van der Waals surface area contributed by atoms with E-state index in [1.807, 2.05) is 0 Å². The van der Waals surface area contributed by atoms with Gasteiger partial charge in [0, 0.05) is 23.7 Å². The van der Waals surface area contributed by atoms with Gasteiger partial charge in [-0.05, 0) is 35.4 Å². The van der Waals surface area contributed by atoms with Crippen molar-refractivity contribution in [3.63, 3.8) is 0 Å². The molecule has 3 atom stereocenters. The van der Waals surface area contributed by atoms with Crippen molar-refractivity contribution in [3.8, 4) is 0 Å². The van der Waals surface area contributed by atoms with Crippen LogP contribution in [0, 0.1) is 5.92 Å². The van der Waals surface area contributed by atoms with Crippen molar-refractivity contribution in [2.75, 3.05) is 0 Å². The molecule has 2 aromatic rings. The van der Waals surface area contributed by atoms with Crippen LogP contribution in [0.5, 0.6) is 0 Å². The van der Waals surface area contributed by atoms with E-state index in [0.717, 1.165) is 6.42 Å². The second kappa shape index (κ2) is 5.05. The quantitative estimate of drug-likeness (QED) is 0.710. The molecule has 1 aliphatic heterocycles. The Labute approximate surface area is 121 Å². The number of carbonyl (C=O) groups excluding carboxylic acids is 1. The third-order valence-corrected chi connectivity index (χ3v) is 4.42. The van der Waals surface area contributed by atoms with E-state index < -0.39 is 0 Å². The third kappa shape index (κ3) is 2.26. The van der Waals surface area contributed by atoms with Crippen molar-refractivity contribution in [3.05, 3.63) is 23.9 Å². The van der Waals surface area contributed by atoms with Gasteiger partial charge in [-0.2, -0.15) is 0 Å². The molecule has 3 unspecified atom stereocenters. The first-order valence-electron chi connectivity index (χ1n) is 7.31. The van der Waals surface area contributed by atoms with Crippen LogP contribution in [0.4, 0.5) is 0 Å². The molecule has 3 heterocycles. The van der Waals surface area contributed by atoms with E-state index in [1.165, 1.54) is 23.8 Å². The lowest BCUT2D eigenvalue weighted by Crippen LogP contribution is -2.47. The maximum Gasteiger partial charge on any atom is 0.252 e. The van der Waals surface area contributed by atoms with E-state index in [0.29, 0.717) is 23.2 Å². The normalized spacial score (nSPS) is 28.5. The number of aromatic nitrogens is 4. The number of tetrazole rings is 1. The van der Waals surface area contributed by atoms with Crippen LogP contribution >= 0.6 is 0 Å². The highest BCUT2D eigenvalue weighted by Crippen LogP contribution is 2.29. The molecule has 1 saturated heterocycles. The van der Waals surface area contributed by atoms with Gasteiger partial charge in [-0.25, -0.2) is 9.94 Å². The summed E-state index contributed by atoms with van der Waals surface area (Å²) in [5.74, 6) is 0.354. The molecule has 4 rings (SSSR count). The molecular weight excluding hydrogens is 270 g/mol. The lowest BCUT2D eigenvalue weighted by atomic mass is 9.84. The smallest absolute Gasteiger partial charge is 0.252 e. The van der Waals surface area contributed by atoms with Crippen molar-refractivity contribution >= 4 is 11.6 Å². The zero-order chi connectivity index (χ0) is 14.2. The SMILES string of the molecule is O=C(NC1NNC2CCCCC21)c1ccn2nnnc2c1. The molecule has 1 saturated carbocycles. The van der Waals surface area contributed by atoms with E-state index in [1.54, 1.807) is 18.3 Å². The summed E-state index contributed by atoms with van der Waals surface area (Å²) in [4.78, 5) is 12.4. The summed E-state index contributed by atoms with van der Waals surface area (Å²) in [6.07, 6.45) is 6.47. The molecule has 8 nitrogen and oxygen atoms in total. The molecular formula is C13H17N7O. The number of hydrogen-bond donors (Lipinski definition) is 3.